The number of carbonyl (C=O) groups excluding carboxylic acids is 2. The summed E-state index contributed by atoms with van der Waals surface area (Å²) >= 11 is 0. The monoisotopic (exact) mass is 930 g/mol. The van der Waals surface area contributed by atoms with Crippen molar-refractivity contribution in [2.24, 2.45) is 0 Å². The quantitative estimate of drug-likeness (QED) is 0.0312. The van der Waals surface area contributed by atoms with Crippen LogP contribution in [0.1, 0.15) is 303 Å². The average Bonchev–Trinajstić information content (AvgIpc) is 3.28. The second-order valence-corrected chi connectivity index (χ2v) is 20.7. The van der Waals surface area contributed by atoms with Gasteiger partial charge in [-0.1, -0.05) is 277 Å². The SMILES string of the molecule is CCCCCCCCCCCCCCCCCCCCCCCCCCC(=O)NCCOP(=O)(O)OCC(O)COC(=O)CCCCCCCCCCCCCCCCCCCCC. The maximum atomic E-state index is 12.2. The summed E-state index contributed by atoms with van der Waals surface area (Å²) in [6.45, 7) is 3.64. The Bertz CT molecular complexity index is 1020. The lowest BCUT2D eigenvalue weighted by Gasteiger charge is -2.15. The van der Waals surface area contributed by atoms with Crippen molar-refractivity contribution in [3.05, 3.63) is 0 Å². The maximum Gasteiger partial charge on any atom is 0.472 e. The molecule has 10 heteroatoms. The normalized spacial score (nSPS) is 13.0. The predicted octanol–water partition coefficient (Wildman–Crippen LogP) is 16.7. The topological polar surface area (TPSA) is 131 Å². The summed E-state index contributed by atoms with van der Waals surface area (Å²) in [7, 11) is -4.42. The Hall–Kier alpha value is -0.990. The van der Waals surface area contributed by atoms with E-state index >= 15 is 0 Å². The maximum absolute atomic E-state index is 12.2. The van der Waals surface area contributed by atoms with Crippen LogP contribution in [0, 0.1) is 0 Å². The number of rotatable bonds is 54. The van der Waals surface area contributed by atoms with Gasteiger partial charge in [-0.25, -0.2) is 4.57 Å². The van der Waals surface area contributed by atoms with E-state index in [4.69, 9.17) is 13.8 Å². The van der Waals surface area contributed by atoms with Crippen LogP contribution < -0.4 is 5.32 Å². The second kappa shape index (κ2) is 51.4. The van der Waals surface area contributed by atoms with Crippen molar-refractivity contribution in [2.45, 2.75) is 309 Å². The molecule has 1 amide bonds. The number of aliphatic hydroxyl groups is 1. The number of aliphatic hydroxyl groups excluding tert-OH is 1. The molecule has 0 bridgehead atoms. The van der Waals surface area contributed by atoms with Crippen molar-refractivity contribution in [1.29, 1.82) is 0 Å². The lowest BCUT2D eigenvalue weighted by Crippen LogP contribution is -2.27. The van der Waals surface area contributed by atoms with Crippen LogP contribution in [0.3, 0.4) is 0 Å². The molecule has 0 aliphatic rings. The van der Waals surface area contributed by atoms with E-state index < -0.39 is 26.5 Å². The van der Waals surface area contributed by atoms with E-state index in [9.17, 15) is 24.2 Å². The summed E-state index contributed by atoms with van der Waals surface area (Å²) in [6, 6.07) is 0. The summed E-state index contributed by atoms with van der Waals surface area (Å²) in [5.41, 5.74) is 0. The van der Waals surface area contributed by atoms with Crippen molar-refractivity contribution in [3.8, 4) is 0 Å². The van der Waals surface area contributed by atoms with E-state index in [1.54, 1.807) is 0 Å². The Morgan fingerprint density at radius 3 is 1.02 bits per heavy atom. The summed E-state index contributed by atoms with van der Waals surface area (Å²) in [5, 5.41) is 12.8. The molecule has 382 valence electrons. The van der Waals surface area contributed by atoms with Gasteiger partial charge in [-0.3, -0.25) is 18.6 Å². The highest BCUT2D eigenvalue weighted by atomic mass is 31.2. The Kier molecular flexibility index (Phi) is 50.6. The van der Waals surface area contributed by atoms with Crippen LogP contribution in [0.2, 0.25) is 0 Å². The minimum atomic E-state index is -4.42. The predicted molar refractivity (Wildman–Crippen MR) is 271 cm³/mol. The fraction of sp³-hybridized carbons (Fsp3) is 0.963. The molecule has 0 saturated heterocycles. The van der Waals surface area contributed by atoms with Crippen LogP contribution in [-0.4, -0.2) is 54.3 Å². The fourth-order valence-electron chi connectivity index (χ4n) is 8.56. The summed E-state index contributed by atoms with van der Waals surface area (Å²) in [6.07, 6.45) is 56.3. The highest BCUT2D eigenvalue weighted by molar-refractivity contribution is 7.47. The molecule has 0 aromatic heterocycles. The van der Waals surface area contributed by atoms with Gasteiger partial charge in [0.2, 0.25) is 5.91 Å². The Balaban J connectivity index is 3.47. The minimum absolute atomic E-state index is 0.0891. The van der Waals surface area contributed by atoms with Gasteiger partial charge in [-0.2, -0.15) is 0 Å². The van der Waals surface area contributed by atoms with Crippen molar-refractivity contribution >= 4 is 19.7 Å². The highest BCUT2D eigenvalue weighted by Crippen LogP contribution is 2.42. The second-order valence-electron chi connectivity index (χ2n) is 19.3. The number of phosphoric ester groups is 1. The van der Waals surface area contributed by atoms with Crippen LogP contribution in [-0.2, 0) is 27.9 Å². The first-order valence-corrected chi connectivity index (χ1v) is 29.5. The average molecular weight is 930 g/mol. The van der Waals surface area contributed by atoms with E-state index in [1.165, 1.54) is 238 Å². The van der Waals surface area contributed by atoms with Crippen molar-refractivity contribution in [3.63, 3.8) is 0 Å². The van der Waals surface area contributed by atoms with Gasteiger partial charge in [0.15, 0.2) is 0 Å². The fourth-order valence-corrected chi connectivity index (χ4v) is 9.32. The third-order valence-corrected chi connectivity index (χ3v) is 13.8. The lowest BCUT2D eigenvalue weighted by atomic mass is 10.0. The summed E-state index contributed by atoms with van der Waals surface area (Å²) in [5.74, 6) is -0.496. The Morgan fingerprint density at radius 1 is 0.422 bits per heavy atom. The number of nitrogens with one attached hydrogen (secondary N) is 1. The zero-order valence-corrected chi connectivity index (χ0v) is 43.4. The highest BCUT2D eigenvalue weighted by Gasteiger charge is 2.23. The molecule has 9 nitrogen and oxygen atoms in total. The first-order valence-electron chi connectivity index (χ1n) is 28.0. The number of hydrogen-bond donors (Lipinski definition) is 3. The number of hydrogen-bond acceptors (Lipinski definition) is 7. The molecule has 2 unspecified atom stereocenters. The van der Waals surface area contributed by atoms with Crippen molar-refractivity contribution < 1.29 is 37.9 Å². The third-order valence-electron chi connectivity index (χ3n) is 12.8. The standard InChI is InChI=1S/C54H108NO8P/c1-3-5-7-9-11-13-15-17-19-21-23-24-25-26-27-29-30-32-34-36-38-40-42-44-46-53(57)55-48-49-62-64(59,60)63-51-52(56)50-61-54(58)47-45-43-41-39-37-35-33-31-28-22-20-18-16-14-12-10-8-6-4-2/h52,56H,3-51H2,1-2H3,(H,55,57)(H,59,60). The smallest absolute Gasteiger partial charge is 0.463 e. The van der Waals surface area contributed by atoms with E-state index in [0.717, 1.165) is 38.5 Å². The molecule has 0 aromatic carbocycles. The molecule has 0 fully saturated rings. The minimum Gasteiger partial charge on any atom is -0.463 e. The van der Waals surface area contributed by atoms with Gasteiger partial charge in [-0.15, -0.1) is 0 Å². The lowest BCUT2D eigenvalue weighted by molar-refractivity contribution is -0.147. The molecule has 0 radical (unpaired) electrons. The molecule has 0 spiro atoms. The molecule has 2 atom stereocenters. The van der Waals surface area contributed by atoms with Gasteiger partial charge in [0, 0.05) is 19.4 Å². The Labute approximate surface area is 396 Å². The third kappa shape index (κ3) is 52.0. The molecular formula is C54H108NO8P. The molecule has 3 N–H and O–H groups in total. The molecule has 0 heterocycles. The molecule has 64 heavy (non-hydrogen) atoms. The van der Waals surface area contributed by atoms with E-state index in [-0.39, 0.29) is 25.7 Å². The molecule has 0 saturated carbocycles. The number of unbranched alkanes of at least 4 members (excludes halogenated alkanes) is 41. The first-order chi connectivity index (χ1) is 31.3. The molecule has 0 aliphatic carbocycles. The van der Waals surface area contributed by atoms with Gasteiger partial charge in [-0.05, 0) is 12.8 Å². The van der Waals surface area contributed by atoms with Gasteiger partial charge < -0.3 is 20.1 Å². The van der Waals surface area contributed by atoms with Crippen molar-refractivity contribution in [1.82, 2.24) is 5.32 Å². The van der Waals surface area contributed by atoms with E-state index in [0.29, 0.717) is 12.8 Å². The Morgan fingerprint density at radius 2 is 0.703 bits per heavy atom. The molecule has 0 rings (SSSR count). The first kappa shape index (κ1) is 63.0. The van der Waals surface area contributed by atoms with Crippen LogP contribution >= 0.6 is 7.82 Å². The van der Waals surface area contributed by atoms with Crippen molar-refractivity contribution in [2.75, 3.05) is 26.4 Å². The van der Waals surface area contributed by atoms with Crippen LogP contribution in [0.15, 0.2) is 0 Å². The summed E-state index contributed by atoms with van der Waals surface area (Å²) in [4.78, 5) is 34.1. The van der Waals surface area contributed by atoms with Crippen LogP contribution in [0.25, 0.3) is 0 Å². The number of ether oxygens (including phenoxy) is 1. The molecular weight excluding hydrogens is 822 g/mol. The van der Waals surface area contributed by atoms with Crippen LogP contribution in [0.5, 0.6) is 0 Å². The molecule has 0 aromatic rings. The summed E-state index contributed by atoms with van der Waals surface area (Å²) < 4.78 is 27.0. The number of amides is 1. The van der Waals surface area contributed by atoms with Gasteiger partial charge in [0.1, 0.15) is 12.7 Å². The van der Waals surface area contributed by atoms with Gasteiger partial charge in [0.25, 0.3) is 0 Å². The van der Waals surface area contributed by atoms with E-state index in [2.05, 4.69) is 19.2 Å². The van der Waals surface area contributed by atoms with Gasteiger partial charge >= 0.3 is 13.8 Å². The molecule has 0 aliphatic heterocycles. The largest absolute Gasteiger partial charge is 0.472 e. The zero-order valence-electron chi connectivity index (χ0n) is 42.5. The number of esters is 1. The number of carbonyl (C=O) groups is 2. The number of phosphoric acid groups is 1. The van der Waals surface area contributed by atoms with E-state index in [1.807, 2.05) is 0 Å². The zero-order chi connectivity index (χ0) is 46.7. The van der Waals surface area contributed by atoms with Crippen LogP contribution in [0.4, 0.5) is 0 Å². The van der Waals surface area contributed by atoms with Gasteiger partial charge in [0.05, 0.1) is 13.2 Å².